The van der Waals surface area contributed by atoms with Gasteiger partial charge in [-0.15, -0.1) is 0 Å². The summed E-state index contributed by atoms with van der Waals surface area (Å²) < 4.78 is 13.6. The van der Waals surface area contributed by atoms with Crippen molar-refractivity contribution >= 4 is 11.6 Å². The summed E-state index contributed by atoms with van der Waals surface area (Å²) in [6, 6.07) is 5.12. The predicted molar refractivity (Wildman–Crippen MR) is 101 cm³/mol. The Morgan fingerprint density at radius 1 is 1.25 bits per heavy atom. The zero-order chi connectivity index (χ0) is 18.3. The Labute approximate surface area is 147 Å². The second-order valence-electron chi connectivity index (χ2n) is 7.74. The number of halogens is 1. The molecular weight excluding hydrogens is 301 g/mol. The van der Waals surface area contributed by atoms with E-state index in [0.29, 0.717) is 12.0 Å². The Balaban J connectivity index is 3.06. The maximum absolute atomic E-state index is 13.6. The molecule has 0 aliphatic rings. The maximum atomic E-state index is 13.6. The van der Waals surface area contributed by atoms with E-state index in [9.17, 15) is 9.18 Å². The summed E-state index contributed by atoms with van der Waals surface area (Å²) in [6.45, 7) is 12.4. The molecule has 0 bridgehead atoms. The fourth-order valence-electron chi connectivity index (χ4n) is 2.86. The van der Waals surface area contributed by atoms with E-state index in [1.54, 1.807) is 19.1 Å². The van der Waals surface area contributed by atoms with E-state index >= 15 is 0 Å². The lowest BCUT2D eigenvalue weighted by molar-refractivity contribution is -0.121. The molecule has 2 nitrogen and oxygen atoms in total. The summed E-state index contributed by atoms with van der Waals surface area (Å²) >= 11 is 0. The van der Waals surface area contributed by atoms with Gasteiger partial charge in [0.25, 0.3) is 0 Å². The van der Waals surface area contributed by atoms with Crippen LogP contribution in [0.5, 0.6) is 0 Å². The second kappa shape index (κ2) is 9.19. The minimum Gasteiger partial charge on any atom is -0.310 e. The van der Waals surface area contributed by atoms with E-state index in [2.05, 4.69) is 34.6 Å². The molecule has 1 atom stereocenters. The molecule has 1 aromatic rings. The third kappa shape index (κ3) is 5.92. The molecule has 0 aliphatic carbocycles. The van der Waals surface area contributed by atoms with Crippen LogP contribution in [0.25, 0.3) is 0 Å². The van der Waals surface area contributed by atoms with Gasteiger partial charge in [-0.2, -0.15) is 0 Å². The summed E-state index contributed by atoms with van der Waals surface area (Å²) in [5, 5.41) is 0. The normalized spacial score (nSPS) is 13.0. The molecule has 0 fully saturated rings. The molecule has 1 aromatic carbocycles. The molecule has 24 heavy (non-hydrogen) atoms. The number of rotatable bonds is 9. The van der Waals surface area contributed by atoms with Crippen molar-refractivity contribution < 1.29 is 9.18 Å². The van der Waals surface area contributed by atoms with Crippen LogP contribution >= 0.6 is 0 Å². The van der Waals surface area contributed by atoms with Crippen LogP contribution in [0.1, 0.15) is 78.7 Å². The van der Waals surface area contributed by atoms with E-state index < -0.39 is 0 Å². The highest BCUT2D eigenvalue weighted by Crippen LogP contribution is 2.29. The Bertz CT molecular complexity index is 539. The van der Waals surface area contributed by atoms with Gasteiger partial charge in [-0.1, -0.05) is 53.4 Å². The summed E-state index contributed by atoms with van der Waals surface area (Å²) in [6.07, 6.45) is 5.90. The van der Waals surface area contributed by atoms with Crippen LogP contribution in [0.4, 0.5) is 10.1 Å². The average molecular weight is 336 g/mol. The van der Waals surface area contributed by atoms with Gasteiger partial charge in [-0.05, 0) is 49.4 Å². The standard InChI is InChI=1S/C21H34FNO/c1-7-9-10-11-17(4)23(20(24)15-21(5,6)8-2)18-12-13-19(22)16(3)14-18/h12-14,17H,7-11,15H2,1-6H3. The van der Waals surface area contributed by atoms with Crippen molar-refractivity contribution in [1.82, 2.24) is 0 Å². The van der Waals surface area contributed by atoms with Gasteiger partial charge in [0.15, 0.2) is 0 Å². The van der Waals surface area contributed by atoms with Gasteiger partial charge in [-0.3, -0.25) is 4.79 Å². The highest BCUT2D eigenvalue weighted by molar-refractivity contribution is 5.94. The van der Waals surface area contributed by atoms with Gasteiger partial charge in [0, 0.05) is 18.2 Å². The second-order valence-corrected chi connectivity index (χ2v) is 7.74. The summed E-state index contributed by atoms with van der Waals surface area (Å²) in [7, 11) is 0. The Kier molecular flexibility index (Phi) is 7.92. The van der Waals surface area contributed by atoms with Crippen molar-refractivity contribution in [2.75, 3.05) is 4.90 Å². The van der Waals surface area contributed by atoms with Gasteiger partial charge in [-0.25, -0.2) is 4.39 Å². The largest absolute Gasteiger partial charge is 0.310 e. The van der Waals surface area contributed by atoms with Crippen molar-refractivity contribution in [2.45, 2.75) is 86.1 Å². The van der Waals surface area contributed by atoms with E-state index in [1.807, 2.05) is 4.90 Å². The molecule has 0 saturated heterocycles. The number of nitrogens with zero attached hydrogens (tertiary/aromatic N) is 1. The van der Waals surface area contributed by atoms with Gasteiger partial charge >= 0.3 is 0 Å². The number of hydrogen-bond donors (Lipinski definition) is 0. The number of anilines is 1. The van der Waals surface area contributed by atoms with Crippen LogP contribution < -0.4 is 4.90 Å². The van der Waals surface area contributed by atoms with Gasteiger partial charge in [0.05, 0.1) is 0 Å². The average Bonchev–Trinajstić information content (AvgIpc) is 2.51. The maximum Gasteiger partial charge on any atom is 0.227 e. The molecule has 0 heterocycles. The Morgan fingerprint density at radius 3 is 2.46 bits per heavy atom. The lowest BCUT2D eigenvalue weighted by atomic mass is 9.85. The highest BCUT2D eigenvalue weighted by atomic mass is 19.1. The van der Waals surface area contributed by atoms with E-state index in [4.69, 9.17) is 0 Å². The fourth-order valence-corrected chi connectivity index (χ4v) is 2.86. The SMILES string of the molecule is CCCCCC(C)N(C(=O)CC(C)(C)CC)c1ccc(F)c(C)c1. The van der Waals surface area contributed by atoms with Crippen LogP contribution in [-0.2, 0) is 4.79 Å². The summed E-state index contributed by atoms with van der Waals surface area (Å²) in [5.74, 6) is -0.0875. The zero-order valence-electron chi connectivity index (χ0n) is 16.3. The molecule has 0 radical (unpaired) electrons. The molecule has 0 N–H and O–H groups in total. The van der Waals surface area contributed by atoms with Crippen molar-refractivity contribution in [3.05, 3.63) is 29.6 Å². The zero-order valence-corrected chi connectivity index (χ0v) is 16.3. The number of aryl methyl sites for hydroxylation is 1. The summed E-state index contributed by atoms with van der Waals surface area (Å²) in [4.78, 5) is 14.9. The van der Waals surface area contributed by atoms with Crippen LogP contribution in [0.3, 0.4) is 0 Å². The third-order valence-corrected chi connectivity index (χ3v) is 4.94. The lowest BCUT2D eigenvalue weighted by Crippen LogP contribution is -2.40. The first-order valence-electron chi connectivity index (χ1n) is 9.30. The molecule has 0 saturated carbocycles. The van der Waals surface area contributed by atoms with Crippen molar-refractivity contribution in [3.8, 4) is 0 Å². The number of unbranched alkanes of at least 4 members (excludes halogenated alkanes) is 2. The fraction of sp³-hybridized carbons (Fsp3) is 0.667. The number of hydrogen-bond acceptors (Lipinski definition) is 1. The quantitative estimate of drug-likeness (QED) is 0.488. The molecule has 136 valence electrons. The molecule has 1 amide bonds. The van der Waals surface area contributed by atoms with Gasteiger partial charge in [0.2, 0.25) is 5.91 Å². The molecule has 0 spiro atoms. The van der Waals surface area contributed by atoms with Crippen molar-refractivity contribution in [3.63, 3.8) is 0 Å². The lowest BCUT2D eigenvalue weighted by Gasteiger charge is -2.33. The van der Waals surface area contributed by atoms with Gasteiger partial charge in [0.1, 0.15) is 5.82 Å². The smallest absolute Gasteiger partial charge is 0.227 e. The molecule has 1 rings (SSSR count). The molecule has 3 heteroatoms. The minimum absolute atomic E-state index is 0.0203. The van der Waals surface area contributed by atoms with Crippen LogP contribution in [0, 0.1) is 18.2 Å². The van der Waals surface area contributed by atoms with Crippen molar-refractivity contribution in [1.29, 1.82) is 0 Å². The van der Waals surface area contributed by atoms with E-state index in [1.165, 1.54) is 18.9 Å². The van der Waals surface area contributed by atoms with E-state index in [-0.39, 0.29) is 23.2 Å². The number of carbonyl (C=O) groups is 1. The van der Waals surface area contributed by atoms with E-state index in [0.717, 1.165) is 24.9 Å². The third-order valence-electron chi connectivity index (χ3n) is 4.94. The topological polar surface area (TPSA) is 20.3 Å². The van der Waals surface area contributed by atoms with Crippen LogP contribution in [0.2, 0.25) is 0 Å². The van der Waals surface area contributed by atoms with Crippen LogP contribution in [0.15, 0.2) is 18.2 Å². The van der Waals surface area contributed by atoms with Crippen LogP contribution in [-0.4, -0.2) is 11.9 Å². The first-order chi connectivity index (χ1) is 11.2. The first-order valence-corrected chi connectivity index (χ1v) is 9.30. The van der Waals surface area contributed by atoms with Gasteiger partial charge < -0.3 is 4.90 Å². The van der Waals surface area contributed by atoms with Crippen molar-refractivity contribution in [2.24, 2.45) is 5.41 Å². The molecule has 1 unspecified atom stereocenters. The number of amides is 1. The molecule has 0 aliphatic heterocycles. The predicted octanol–water partition coefficient (Wildman–Crippen LogP) is 6.26. The monoisotopic (exact) mass is 335 g/mol. The molecular formula is C21H34FNO. The number of benzene rings is 1. The highest BCUT2D eigenvalue weighted by Gasteiger charge is 2.27. The molecule has 0 aromatic heterocycles. The number of carbonyl (C=O) groups excluding carboxylic acids is 1. The Hall–Kier alpha value is -1.38. The summed E-state index contributed by atoms with van der Waals surface area (Å²) in [5.41, 5.74) is 1.38. The Morgan fingerprint density at radius 2 is 1.92 bits per heavy atom. The minimum atomic E-state index is -0.223. The first kappa shape index (κ1) is 20.7.